The monoisotopic (exact) mass is 457 g/mol. The molecule has 0 aliphatic heterocycles. The summed E-state index contributed by atoms with van der Waals surface area (Å²) in [6.07, 6.45) is 0.668. The zero-order valence-corrected chi connectivity index (χ0v) is 19.0. The zero-order valence-electron chi connectivity index (χ0n) is 17.4. The second-order valence-corrected chi connectivity index (χ2v) is 8.38. The third kappa shape index (κ3) is 6.87. The average molecular weight is 458 g/mol. The van der Waals surface area contributed by atoms with Gasteiger partial charge in [0.2, 0.25) is 5.91 Å². The van der Waals surface area contributed by atoms with Crippen LogP contribution in [0.3, 0.4) is 0 Å². The van der Waals surface area contributed by atoms with Gasteiger partial charge in [0.15, 0.2) is 5.16 Å². The molecule has 0 radical (unpaired) electrons. The van der Waals surface area contributed by atoms with Crippen molar-refractivity contribution in [2.45, 2.75) is 30.7 Å². The molecule has 0 saturated heterocycles. The highest BCUT2D eigenvalue weighted by Crippen LogP contribution is 2.21. The second-order valence-electron chi connectivity index (χ2n) is 6.98. The lowest BCUT2D eigenvalue weighted by atomic mass is 10.1. The van der Waals surface area contributed by atoms with E-state index in [1.165, 1.54) is 11.8 Å². The van der Waals surface area contributed by atoms with Crippen LogP contribution in [0.1, 0.15) is 22.4 Å². The number of rotatable bonds is 9. The second kappa shape index (κ2) is 11.0. The Morgan fingerprint density at radius 2 is 1.97 bits per heavy atom. The molecular formula is C23H24ClN3O3S. The molecule has 1 amide bonds. The standard InChI is InChI=1S/C23H24ClN3O3S/c1-15-20(13-21(28)25-10-9-16-5-4-8-19(12-16)30-2)22(29)27-23(26-15)31-14-17-6-3-7-18(24)11-17/h3-8,11-12H,9-10,13-14H2,1-2H3,(H,25,28)(H,26,27,29). The summed E-state index contributed by atoms with van der Waals surface area (Å²) >= 11 is 7.42. The number of thioether (sulfide) groups is 1. The SMILES string of the molecule is COc1cccc(CCNC(=O)Cc2c(C)nc(SCc3cccc(Cl)c3)[nH]c2=O)c1. The van der Waals surface area contributed by atoms with Gasteiger partial charge in [0.05, 0.1) is 13.5 Å². The quantitative estimate of drug-likeness (QED) is 0.375. The van der Waals surface area contributed by atoms with Crippen molar-refractivity contribution in [1.29, 1.82) is 0 Å². The molecule has 1 aromatic heterocycles. The van der Waals surface area contributed by atoms with Crippen LogP contribution in [0.15, 0.2) is 58.5 Å². The van der Waals surface area contributed by atoms with Gasteiger partial charge in [-0.15, -0.1) is 0 Å². The number of nitrogens with zero attached hydrogens (tertiary/aromatic N) is 1. The summed E-state index contributed by atoms with van der Waals surface area (Å²) in [6.45, 7) is 2.22. The van der Waals surface area contributed by atoms with Crippen molar-refractivity contribution < 1.29 is 9.53 Å². The van der Waals surface area contributed by atoms with Gasteiger partial charge in [0.25, 0.3) is 5.56 Å². The third-order valence-electron chi connectivity index (χ3n) is 4.67. The number of hydrogen-bond donors (Lipinski definition) is 2. The number of amides is 1. The number of ether oxygens (including phenoxy) is 1. The largest absolute Gasteiger partial charge is 0.497 e. The van der Waals surface area contributed by atoms with E-state index < -0.39 is 0 Å². The van der Waals surface area contributed by atoms with Gasteiger partial charge in [0.1, 0.15) is 5.75 Å². The van der Waals surface area contributed by atoms with Crippen molar-refractivity contribution in [2.75, 3.05) is 13.7 Å². The van der Waals surface area contributed by atoms with Crippen LogP contribution in [0.4, 0.5) is 0 Å². The highest BCUT2D eigenvalue weighted by molar-refractivity contribution is 7.98. The van der Waals surface area contributed by atoms with Gasteiger partial charge in [-0.25, -0.2) is 4.98 Å². The molecule has 2 aromatic carbocycles. The van der Waals surface area contributed by atoms with Crippen LogP contribution in [0.2, 0.25) is 5.02 Å². The number of nitrogens with one attached hydrogen (secondary N) is 2. The Morgan fingerprint density at radius 3 is 2.71 bits per heavy atom. The van der Waals surface area contributed by atoms with E-state index in [1.54, 1.807) is 14.0 Å². The van der Waals surface area contributed by atoms with Crippen molar-refractivity contribution in [2.24, 2.45) is 0 Å². The average Bonchev–Trinajstić information content (AvgIpc) is 2.75. The Bertz CT molecular complexity index is 1120. The molecule has 3 rings (SSSR count). The van der Waals surface area contributed by atoms with E-state index in [0.717, 1.165) is 16.9 Å². The predicted molar refractivity (Wildman–Crippen MR) is 124 cm³/mol. The van der Waals surface area contributed by atoms with E-state index in [0.29, 0.717) is 40.2 Å². The van der Waals surface area contributed by atoms with Crippen molar-refractivity contribution >= 4 is 29.3 Å². The Labute approximate surface area is 190 Å². The number of aryl methyl sites for hydroxylation is 1. The van der Waals surface area contributed by atoms with Crippen LogP contribution in [-0.4, -0.2) is 29.5 Å². The van der Waals surface area contributed by atoms with Gasteiger partial charge in [-0.3, -0.25) is 9.59 Å². The predicted octanol–water partition coefficient (Wildman–Crippen LogP) is 3.93. The lowest BCUT2D eigenvalue weighted by Crippen LogP contribution is -2.30. The maximum absolute atomic E-state index is 12.5. The first-order valence-electron chi connectivity index (χ1n) is 9.81. The normalized spacial score (nSPS) is 10.7. The molecule has 0 unspecified atom stereocenters. The molecule has 31 heavy (non-hydrogen) atoms. The Balaban J connectivity index is 1.54. The van der Waals surface area contributed by atoms with Crippen molar-refractivity contribution in [1.82, 2.24) is 15.3 Å². The molecule has 0 atom stereocenters. The fourth-order valence-electron chi connectivity index (χ4n) is 3.04. The Morgan fingerprint density at radius 1 is 1.19 bits per heavy atom. The van der Waals surface area contributed by atoms with Gasteiger partial charge >= 0.3 is 0 Å². The molecule has 0 aliphatic carbocycles. The first kappa shape index (κ1) is 22.9. The summed E-state index contributed by atoms with van der Waals surface area (Å²) in [6, 6.07) is 15.2. The highest BCUT2D eigenvalue weighted by atomic mass is 35.5. The molecule has 0 aliphatic rings. The van der Waals surface area contributed by atoms with Gasteiger partial charge < -0.3 is 15.0 Å². The minimum absolute atomic E-state index is 0.00842. The molecule has 0 bridgehead atoms. The summed E-state index contributed by atoms with van der Waals surface area (Å²) in [5, 5.41) is 4.05. The first-order valence-corrected chi connectivity index (χ1v) is 11.2. The molecule has 2 N–H and O–H groups in total. The number of hydrogen-bond acceptors (Lipinski definition) is 5. The molecular weight excluding hydrogens is 434 g/mol. The number of aromatic nitrogens is 2. The summed E-state index contributed by atoms with van der Waals surface area (Å²) < 4.78 is 5.20. The lowest BCUT2D eigenvalue weighted by Gasteiger charge is -2.09. The first-order chi connectivity index (χ1) is 14.9. The molecule has 162 valence electrons. The fraction of sp³-hybridized carbons (Fsp3) is 0.261. The summed E-state index contributed by atoms with van der Waals surface area (Å²) in [5.74, 6) is 1.20. The Kier molecular flexibility index (Phi) is 8.14. The number of benzene rings is 2. The summed E-state index contributed by atoms with van der Waals surface area (Å²) in [4.78, 5) is 32.1. The van der Waals surface area contributed by atoms with Crippen molar-refractivity contribution in [3.05, 3.63) is 86.3 Å². The Hall–Kier alpha value is -2.77. The number of aromatic amines is 1. The number of H-pyrrole nitrogens is 1. The van der Waals surface area contributed by atoms with E-state index in [-0.39, 0.29) is 17.9 Å². The molecule has 0 fully saturated rings. The lowest BCUT2D eigenvalue weighted by molar-refractivity contribution is -0.120. The molecule has 6 nitrogen and oxygen atoms in total. The van der Waals surface area contributed by atoms with Gasteiger partial charge in [-0.1, -0.05) is 47.6 Å². The summed E-state index contributed by atoms with van der Waals surface area (Å²) in [7, 11) is 1.62. The number of methoxy groups -OCH3 is 1. The van der Waals surface area contributed by atoms with E-state index in [1.807, 2.05) is 48.5 Å². The maximum Gasteiger partial charge on any atom is 0.255 e. The van der Waals surface area contributed by atoms with Crippen LogP contribution in [0.25, 0.3) is 0 Å². The van der Waals surface area contributed by atoms with Crippen LogP contribution < -0.4 is 15.6 Å². The molecule has 8 heteroatoms. The van der Waals surface area contributed by atoms with E-state index in [4.69, 9.17) is 16.3 Å². The fourth-order valence-corrected chi connectivity index (χ4v) is 4.10. The van der Waals surface area contributed by atoms with Crippen molar-refractivity contribution in [3.8, 4) is 5.75 Å². The van der Waals surface area contributed by atoms with Crippen LogP contribution in [-0.2, 0) is 23.4 Å². The van der Waals surface area contributed by atoms with E-state index in [2.05, 4.69) is 15.3 Å². The minimum atomic E-state index is -0.288. The van der Waals surface area contributed by atoms with Gasteiger partial charge in [0, 0.05) is 28.6 Å². The molecule has 0 spiro atoms. The smallest absolute Gasteiger partial charge is 0.255 e. The van der Waals surface area contributed by atoms with Crippen molar-refractivity contribution in [3.63, 3.8) is 0 Å². The maximum atomic E-state index is 12.5. The number of carbonyl (C=O) groups excluding carboxylic acids is 1. The van der Waals surface area contributed by atoms with E-state index in [9.17, 15) is 9.59 Å². The molecule has 0 saturated carbocycles. The third-order valence-corrected chi connectivity index (χ3v) is 5.85. The van der Waals surface area contributed by atoms with Gasteiger partial charge in [-0.2, -0.15) is 0 Å². The molecule has 3 aromatic rings. The minimum Gasteiger partial charge on any atom is -0.497 e. The van der Waals surface area contributed by atoms with E-state index >= 15 is 0 Å². The number of carbonyl (C=O) groups is 1. The highest BCUT2D eigenvalue weighted by Gasteiger charge is 2.13. The zero-order chi connectivity index (χ0) is 22.2. The van der Waals surface area contributed by atoms with Crippen LogP contribution in [0, 0.1) is 6.92 Å². The topological polar surface area (TPSA) is 84.1 Å². The molecule has 1 heterocycles. The van der Waals surface area contributed by atoms with Crippen LogP contribution >= 0.6 is 23.4 Å². The van der Waals surface area contributed by atoms with Crippen LogP contribution in [0.5, 0.6) is 5.75 Å². The van der Waals surface area contributed by atoms with Gasteiger partial charge in [-0.05, 0) is 48.7 Å². The number of halogens is 1. The summed E-state index contributed by atoms with van der Waals surface area (Å²) in [5.41, 5.74) is 2.75.